The smallest absolute Gasteiger partial charge is 0.214 e. The summed E-state index contributed by atoms with van der Waals surface area (Å²) in [6.45, 7) is 3.00. The summed E-state index contributed by atoms with van der Waals surface area (Å²) >= 11 is 0. The summed E-state index contributed by atoms with van der Waals surface area (Å²) in [5.74, 6) is 2.13. The molecule has 136 valence electrons. The maximum atomic E-state index is 10.1. The highest BCUT2D eigenvalue weighted by molar-refractivity contribution is 5.57. The zero-order valence-electron chi connectivity index (χ0n) is 15.1. The van der Waals surface area contributed by atoms with Crippen LogP contribution < -0.4 is 9.64 Å². The van der Waals surface area contributed by atoms with Crippen LogP contribution in [0.5, 0.6) is 5.75 Å². The Labute approximate surface area is 153 Å². The fraction of sp³-hybridized carbons (Fsp3) is 0.286. The van der Waals surface area contributed by atoms with Gasteiger partial charge in [0.1, 0.15) is 5.75 Å². The minimum atomic E-state index is -0.397. The lowest BCUT2D eigenvalue weighted by Gasteiger charge is -2.25. The van der Waals surface area contributed by atoms with Crippen LogP contribution >= 0.6 is 0 Å². The predicted molar refractivity (Wildman–Crippen MR) is 102 cm³/mol. The van der Waals surface area contributed by atoms with Gasteiger partial charge in [-0.3, -0.25) is 0 Å². The summed E-state index contributed by atoms with van der Waals surface area (Å²) in [6.07, 6.45) is 2.04. The summed E-state index contributed by atoms with van der Waals surface area (Å²) < 4.78 is 11.1. The van der Waals surface area contributed by atoms with Crippen LogP contribution in [-0.4, -0.2) is 29.8 Å². The molecule has 3 aromatic rings. The first-order chi connectivity index (χ1) is 12.7. The summed E-state index contributed by atoms with van der Waals surface area (Å²) in [4.78, 5) is 6.49. The Balaban J connectivity index is 1.77. The number of rotatable bonds is 8. The SMILES string of the molecule is CCC(O)CN(Cc1ncc(-c2ccc(OC)cc2)o1)c1ccccc1. The van der Waals surface area contributed by atoms with Crippen LogP contribution in [0.2, 0.25) is 0 Å². The zero-order chi connectivity index (χ0) is 18.4. The average molecular weight is 352 g/mol. The molecule has 1 aromatic heterocycles. The van der Waals surface area contributed by atoms with Gasteiger partial charge in [0.05, 0.1) is 26.0 Å². The molecular formula is C21H24N2O3. The second-order valence-corrected chi connectivity index (χ2v) is 6.12. The predicted octanol–water partition coefficient (Wildman–Crippen LogP) is 4.13. The Morgan fingerprint density at radius 2 is 1.85 bits per heavy atom. The number of aromatic nitrogens is 1. The Hall–Kier alpha value is -2.79. The monoisotopic (exact) mass is 352 g/mol. The van der Waals surface area contributed by atoms with Crippen molar-refractivity contribution in [1.82, 2.24) is 4.98 Å². The molecule has 0 aliphatic heterocycles. The number of benzene rings is 2. The van der Waals surface area contributed by atoms with Crippen molar-refractivity contribution in [3.8, 4) is 17.1 Å². The number of methoxy groups -OCH3 is 1. The van der Waals surface area contributed by atoms with Gasteiger partial charge in [0.2, 0.25) is 5.89 Å². The molecule has 0 fully saturated rings. The van der Waals surface area contributed by atoms with E-state index in [1.165, 1.54) is 0 Å². The Kier molecular flexibility index (Phi) is 5.92. The molecule has 1 unspecified atom stereocenters. The van der Waals surface area contributed by atoms with Gasteiger partial charge in [-0.1, -0.05) is 25.1 Å². The number of anilines is 1. The van der Waals surface area contributed by atoms with Gasteiger partial charge in [-0.15, -0.1) is 0 Å². The molecule has 1 atom stereocenters. The van der Waals surface area contributed by atoms with Crippen molar-refractivity contribution < 1.29 is 14.3 Å². The van der Waals surface area contributed by atoms with Crippen LogP contribution in [0.4, 0.5) is 5.69 Å². The van der Waals surface area contributed by atoms with Gasteiger partial charge in [-0.05, 0) is 42.8 Å². The molecule has 0 saturated heterocycles. The first-order valence-corrected chi connectivity index (χ1v) is 8.76. The second-order valence-electron chi connectivity index (χ2n) is 6.12. The van der Waals surface area contributed by atoms with Crippen molar-refractivity contribution in [2.45, 2.75) is 26.0 Å². The van der Waals surface area contributed by atoms with E-state index in [4.69, 9.17) is 9.15 Å². The molecule has 1 heterocycles. The lowest BCUT2D eigenvalue weighted by molar-refractivity contribution is 0.174. The number of hydrogen-bond donors (Lipinski definition) is 1. The van der Waals surface area contributed by atoms with Crippen molar-refractivity contribution >= 4 is 5.69 Å². The number of oxazole rings is 1. The molecule has 5 nitrogen and oxygen atoms in total. The number of aliphatic hydroxyl groups excluding tert-OH is 1. The van der Waals surface area contributed by atoms with Gasteiger partial charge < -0.3 is 19.2 Å². The van der Waals surface area contributed by atoms with E-state index in [-0.39, 0.29) is 0 Å². The zero-order valence-corrected chi connectivity index (χ0v) is 15.1. The third-order valence-corrected chi connectivity index (χ3v) is 4.28. The lowest BCUT2D eigenvalue weighted by Crippen LogP contribution is -2.31. The molecule has 0 radical (unpaired) electrons. The molecule has 5 heteroatoms. The normalized spacial score (nSPS) is 12.0. The van der Waals surface area contributed by atoms with E-state index in [0.717, 1.165) is 17.0 Å². The molecule has 0 amide bonds. The third kappa shape index (κ3) is 4.43. The lowest BCUT2D eigenvalue weighted by atomic mass is 10.2. The second kappa shape index (κ2) is 8.54. The van der Waals surface area contributed by atoms with Crippen molar-refractivity contribution in [2.75, 3.05) is 18.6 Å². The van der Waals surface area contributed by atoms with Gasteiger partial charge >= 0.3 is 0 Å². The summed E-state index contributed by atoms with van der Waals surface area (Å²) in [6, 6.07) is 17.7. The fourth-order valence-electron chi connectivity index (χ4n) is 2.72. The third-order valence-electron chi connectivity index (χ3n) is 4.28. The number of para-hydroxylation sites is 1. The quantitative estimate of drug-likeness (QED) is 0.661. The molecular weight excluding hydrogens is 328 g/mol. The highest BCUT2D eigenvalue weighted by Gasteiger charge is 2.15. The number of nitrogens with zero attached hydrogens (tertiary/aromatic N) is 2. The molecule has 26 heavy (non-hydrogen) atoms. The van der Waals surface area contributed by atoms with E-state index >= 15 is 0 Å². The van der Waals surface area contributed by atoms with Crippen molar-refractivity contribution in [3.63, 3.8) is 0 Å². The van der Waals surface area contributed by atoms with Crippen LogP contribution in [0, 0.1) is 0 Å². The maximum Gasteiger partial charge on any atom is 0.214 e. The Bertz CT molecular complexity index is 800. The summed E-state index contributed by atoms with van der Waals surface area (Å²) in [5, 5.41) is 10.1. The van der Waals surface area contributed by atoms with Gasteiger partial charge in [-0.25, -0.2) is 4.98 Å². The topological polar surface area (TPSA) is 58.7 Å². The molecule has 2 aromatic carbocycles. The Morgan fingerprint density at radius 3 is 2.50 bits per heavy atom. The largest absolute Gasteiger partial charge is 0.497 e. The highest BCUT2D eigenvalue weighted by Crippen LogP contribution is 2.24. The van der Waals surface area contributed by atoms with Crippen LogP contribution in [0.1, 0.15) is 19.2 Å². The first kappa shape index (κ1) is 18.0. The highest BCUT2D eigenvalue weighted by atomic mass is 16.5. The van der Waals surface area contributed by atoms with E-state index in [1.54, 1.807) is 13.3 Å². The molecule has 1 N–H and O–H groups in total. The molecule has 0 bridgehead atoms. The van der Waals surface area contributed by atoms with E-state index < -0.39 is 6.10 Å². The molecule has 3 rings (SSSR count). The van der Waals surface area contributed by atoms with E-state index in [0.29, 0.717) is 31.2 Å². The maximum absolute atomic E-state index is 10.1. The fourth-order valence-corrected chi connectivity index (χ4v) is 2.72. The van der Waals surface area contributed by atoms with E-state index in [1.807, 2.05) is 61.5 Å². The molecule has 0 aliphatic rings. The number of ether oxygens (including phenoxy) is 1. The van der Waals surface area contributed by atoms with Crippen LogP contribution in [0.3, 0.4) is 0 Å². The minimum Gasteiger partial charge on any atom is -0.497 e. The summed E-state index contributed by atoms with van der Waals surface area (Å²) in [5.41, 5.74) is 1.98. The van der Waals surface area contributed by atoms with Crippen molar-refractivity contribution in [1.29, 1.82) is 0 Å². The molecule has 0 saturated carbocycles. The Morgan fingerprint density at radius 1 is 1.12 bits per heavy atom. The van der Waals surface area contributed by atoms with Crippen LogP contribution in [-0.2, 0) is 6.54 Å². The van der Waals surface area contributed by atoms with Crippen molar-refractivity contribution in [2.24, 2.45) is 0 Å². The van der Waals surface area contributed by atoms with Gasteiger partial charge in [0, 0.05) is 17.8 Å². The van der Waals surface area contributed by atoms with Crippen molar-refractivity contribution in [3.05, 3.63) is 66.7 Å². The summed E-state index contributed by atoms with van der Waals surface area (Å²) in [7, 11) is 1.64. The van der Waals surface area contributed by atoms with Crippen LogP contribution in [0.15, 0.2) is 65.2 Å². The molecule has 0 aliphatic carbocycles. The molecule has 0 spiro atoms. The standard InChI is InChI=1S/C21H24N2O3/c1-3-18(24)14-23(17-7-5-4-6-8-17)15-21-22-13-20(26-21)16-9-11-19(25-2)12-10-16/h4-13,18,24H,3,14-15H2,1-2H3. The number of aliphatic hydroxyl groups is 1. The number of hydrogen-bond acceptors (Lipinski definition) is 5. The van der Waals surface area contributed by atoms with Crippen LogP contribution in [0.25, 0.3) is 11.3 Å². The first-order valence-electron chi connectivity index (χ1n) is 8.76. The average Bonchev–Trinajstić information content (AvgIpc) is 3.16. The minimum absolute atomic E-state index is 0.397. The van der Waals surface area contributed by atoms with Gasteiger partial charge in [0.15, 0.2) is 5.76 Å². The van der Waals surface area contributed by atoms with E-state index in [2.05, 4.69) is 9.88 Å². The van der Waals surface area contributed by atoms with E-state index in [9.17, 15) is 5.11 Å². The van der Waals surface area contributed by atoms with Gasteiger partial charge in [-0.2, -0.15) is 0 Å². The van der Waals surface area contributed by atoms with Gasteiger partial charge in [0.25, 0.3) is 0 Å².